The lowest BCUT2D eigenvalue weighted by Gasteiger charge is -2.40. The predicted molar refractivity (Wildman–Crippen MR) is 124 cm³/mol. The monoisotopic (exact) mass is 445 g/mol. The summed E-state index contributed by atoms with van der Waals surface area (Å²) in [6, 6.07) is 5.17. The SMILES string of the molecule is [B]C([B])([B])N(C(=O)C1CCN(C[C@H](O)c2ccc3c(c2C)COC3=O)CC1)c1ccns1. The molecule has 0 aliphatic carbocycles. The molecule has 32 heavy (non-hydrogen) atoms. The molecule has 160 valence electrons. The maximum Gasteiger partial charge on any atom is 0.338 e. The molecular formula is C21H22B3N3O4S. The van der Waals surface area contributed by atoms with Gasteiger partial charge in [-0.2, -0.15) is 4.37 Å². The third-order valence-corrected chi connectivity index (χ3v) is 6.92. The molecule has 0 spiro atoms. The Hall–Kier alpha value is -2.10. The largest absolute Gasteiger partial charge is 0.457 e. The van der Waals surface area contributed by atoms with E-state index in [1.165, 1.54) is 4.90 Å². The first-order chi connectivity index (χ1) is 15.2. The zero-order chi connectivity index (χ0) is 23.0. The summed E-state index contributed by atoms with van der Waals surface area (Å²) >= 11 is 1.11. The number of anilines is 1. The van der Waals surface area contributed by atoms with E-state index in [0.717, 1.165) is 28.2 Å². The van der Waals surface area contributed by atoms with Gasteiger partial charge in [-0.3, -0.25) is 4.79 Å². The second-order valence-electron chi connectivity index (χ2n) is 8.38. The van der Waals surface area contributed by atoms with Crippen LogP contribution in [0.4, 0.5) is 5.00 Å². The van der Waals surface area contributed by atoms with Gasteiger partial charge >= 0.3 is 5.97 Å². The van der Waals surface area contributed by atoms with Crippen LogP contribution in [0.5, 0.6) is 0 Å². The summed E-state index contributed by atoms with van der Waals surface area (Å²) in [4.78, 5) is 28.2. The van der Waals surface area contributed by atoms with E-state index in [-0.39, 0.29) is 24.4 Å². The van der Waals surface area contributed by atoms with Gasteiger partial charge in [-0.05, 0) is 67.6 Å². The maximum atomic E-state index is 13.1. The average molecular weight is 445 g/mol. The van der Waals surface area contributed by atoms with Crippen LogP contribution in [0.15, 0.2) is 24.4 Å². The van der Waals surface area contributed by atoms with E-state index in [1.807, 2.05) is 6.92 Å². The second-order valence-corrected chi connectivity index (χ2v) is 9.20. The molecule has 2 aromatic rings. The molecule has 0 saturated carbocycles. The number of esters is 1. The van der Waals surface area contributed by atoms with Crippen LogP contribution in [0.25, 0.3) is 0 Å². The Bertz CT molecular complexity index is 1000. The fourth-order valence-corrected chi connectivity index (χ4v) is 5.11. The van der Waals surface area contributed by atoms with Crippen LogP contribution in [0.2, 0.25) is 0 Å². The minimum atomic E-state index is -1.81. The molecule has 1 aromatic heterocycles. The van der Waals surface area contributed by atoms with E-state index in [0.29, 0.717) is 43.0 Å². The first-order valence-electron chi connectivity index (χ1n) is 10.5. The molecule has 0 unspecified atom stereocenters. The fraction of sp³-hybridized carbons (Fsp3) is 0.476. The maximum absolute atomic E-state index is 13.1. The third kappa shape index (κ3) is 4.51. The van der Waals surface area contributed by atoms with Crippen molar-refractivity contribution in [1.82, 2.24) is 9.27 Å². The number of fused-ring (bicyclic) bond motifs is 1. The number of aliphatic hydroxyl groups is 1. The summed E-state index contributed by atoms with van der Waals surface area (Å²) < 4.78 is 9.11. The molecule has 1 aromatic carbocycles. The molecule has 0 bridgehead atoms. The Balaban J connectivity index is 1.38. The van der Waals surface area contributed by atoms with E-state index >= 15 is 0 Å². The number of hydrogen-bond donors (Lipinski definition) is 1. The van der Waals surface area contributed by atoms with Crippen LogP contribution in [0.1, 0.15) is 46.0 Å². The predicted octanol–water partition coefficient (Wildman–Crippen LogP) is 1.02. The number of likely N-dealkylation sites (tertiary alicyclic amines) is 1. The zero-order valence-electron chi connectivity index (χ0n) is 17.9. The molecule has 7 nitrogen and oxygen atoms in total. The fourth-order valence-electron chi connectivity index (χ4n) is 4.43. The van der Waals surface area contributed by atoms with Gasteiger partial charge in [-0.25, -0.2) is 4.79 Å². The number of amides is 1. The van der Waals surface area contributed by atoms with Crippen molar-refractivity contribution in [3.8, 4) is 0 Å². The molecule has 2 aliphatic rings. The lowest BCUT2D eigenvalue weighted by atomic mass is 9.48. The van der Waals surface area contributed by atoms with Crippen LogP contribution < -0.4 is 4.90 Å². The van der Waals surface area contributed by atoms with Crippen molar-refractivity contribution >= 4 is 51.9 Å². The lowest BCUT2D eigenvalue weighted by molar-refractivity contribution is -0.124. The van der Waals surface area contributed by atoms with Gasteiger partial charge in [0, 0.05) is 24.2 Å². The molecule has 1 amide bonds. The first-order valence-corrected chi connectivity index (χ1v) is 11.3. The quantitative estimate of drug-likeness (QED) is 0.529. The van der Waals surface area contributed by atoms with Crippen LogP contribution in [-0.2, 0) is 16.1 Å². The number of carbonyl (C=O) groups excluding carboxylic acids is 2. The van der Waals surface area contributed by atoms with Crippen molar-refractivity contribution in [2.45, 2.75) is 37.7 Å². The van der Waals surface area contributed by atoms with Crippen molar-refractivity contribution in [1.29, 1.82) is 0 Å². The summed E-state index contributed by atoms with van der Waals surface area (Å²) in [5, 5.41) is 9.54. The van der Waals surface area contributed by atoms with Crippen molar-refractivity contribution in [3.63, 3.8) is 0 Å². The summed E-state index contributed by atoms with van der Waals surface area (Å²) in [6.07, 6.45) is 2.06. The Morgan fingerprint density at radius 3 is 2.69 bits per heavy atom. The molecule has 1 N–H and O–H groups in total. The summed E-state index contributed by atoms with van der Waals surface area (Å²) in [5.41, 5.74) is 3.08. The van der Waals surface area contributed by atoms with Gasteiger partial charge in [0.25, 0.3) is 0 Å². The minimum absolute atomic E-state index is 0.221. The number of cyclic esters (lactones) is 1. The van der Waals surface area contributed by atoms with Crippen LogP contribution in [0.3, 0.4) is 0 Å². The molecule has 1 atom stereocenters. The number of rotatable bonds is 6. The molecule has 4 rings (SSSR count). The van der Waals surface area contributed by atoms with E-state index in [2.05, 4.69) is 9.27 Å². The molecule has 3 heterocycles. The van der Waals surface area contributed by atoms with E-state index < -0.39 is 11.3 Å². The Kier molecular flexibility index (Phi) is 6.52. The van der Waals surface area contributed by atoms with E-state index in [9.17, 15) is 14.7 Å². The number of nitrogens with zero attached hydrogens (tertiary/aromatic N) is 3. The van der Waals surface area contributed by atoms with Gasteiger partial charge in [-0.15, -0.1) is 0 Å². The number of hydrogen-bond acceptors (Lipinski definition) is 7. The molecular weight excluding hydrogens is 423 g/mol. The number of aliphatic hydroxyl groups excluding tert-OH is 1. The highest BCUT2D eigenvalue weighted by Crippen LogP contribution is 2.31. The molecule has 11 heteroatoms. The Morgan fingerprint density at radius 2 is 2.06 bits per heavy atom. The van der Waals surface area contributed by atoms with Gasteiger partial charge in [0.1, 0.15) is 11.6 Å². The number of carbonyl (C=O) groups is 2. The zero-order valence-corrected chi connectivity index (χ0v) is 18.7. The number of piperidine rings is 1. The van der Waals surface area contributed by atoms with E-state index in [1.54, 1.807) is 24.4 Å². The van der Waals surface area contributed by atoms with Gasteiger partial charge in [0.15, 0.2) is 0 Å². The van der Waals surface area contributed by atoms with Crippen molar-refractivity contribution < 1.29 is 19.4 Å². The van der Waals surface area contributed by atoms with Gasteiger partial charge in [0.05, 0.1) is 35.2 Å². The summed E-state index contributed by atoms with van der Waals surface area (Å²) in [7, 11) is 17.6. The van der Waals surface area contributed by atoms with Crippen LogP contribution in [-0.4, -0.2) is 74.7 Å². The van der Waals surface area contributed by atoms with Gasteiger partial charge < -0.3 is 19.6 Å². The molecule has 2 aliphatic heterocycles. The van der Waals surface area contributed by atoms with Crippen molar-refractivity contribution in [2.24, 2.45) is 5.92 Å². The first kappa shape index (κ1) is 23.1. The standard InChI is InChI=1S/C21H22B3N3O4S/c1-12-14(2-3-15-16(12)11-31-20(15)30)17(28)10-26-8-5-13(6-9-26)19(29)27(21(22,23)24)18-4-7-25-32-18/h2-4,7,13,17,28H,5-6,8-11H2,1H3/t17-/m0/s1. The summed E-state index contributed by atoms with van der Waals surface area (Å²) in [6.45, 7) is 3.86. The van der Waals surface area contributed by atoms with E-state index in [4.69, 9.17) is 28.3 Å². The third-order valence-electron chi connectivity index (χ3n) is 6.19. The van der Waals surface area contributed by atoms with Crippen LogP contribution >= 0.6 is 11.5 Å². The highest BCUT2D eigenvalue weighted by molar-refractivity contribution is 7.10. The normalized spacial score (nSPS) is 18.2. The lowest BCUT2D eigenvalue weighted by Crippen LogP contribution is -2.56. The molecule has 1 fully saturated rings. The molecule has 1 saturated heterocycles. The second kappa shape index (κ2) is 9.04. The van der Waals surface area contributed by atoms with Gasteiger partial charge in [0.2, 0.25) is 5.91 Å². The average Bonchev–Trinajstić information content (AvgIpc) is 3.38. The van der Waals surface area contributed by atoms with Gasteiger partial charge in [-0.1, -0.05) is 11.3 Å². The smallest absolute Gasteiger partial charge is 0.338 e. The Morgan fingerprint density at radius 1 is 1.34 bits per heavy atom. The Labute approximate surface area is 195 Å². The molecule has 6 radical (unpaired) electrons. The van der Waals surface area contributed by atoms with Crippen molar-refractivity contribution in [2.75, 3.05) is 24.5 Å². The van der Waals surface area contributed by atoms with Crippen molar-refractivity contribution in [3.05, 3.63) is 46.6 Å². The number of aromatic nitrogens is 1. The topological polar surface area (TPSA) is 83.0 Å². The minimum Gasteiger partial charge on any atom is -0.457 e. The number of ether oxygens (including phenoxy) is 1. The number of β-amino-alcohol motifs (C(OH)–C–C–N with tert-alkyl or cyclic N) is 1. The van der Waals surface area contributed by atoms with Crippen LogP contribution in [0, 0.1) is 12.8 Å². The number of benzene rings is 1. The highest BCUT2D eigenvalue weighted by atomic mass is 32.1. The summed E-state index contributed by atoms with van der Waals surface area (Å²) in [5.74, 6) is -0.814. The highest BCUT2D eigenvalue weighted by Gasteiger charge is 2.35.